The van der Waals surface area contributed by atoms with Crippen molar-refractivity contribution in [2.24, 2.45) is 0 Å². The van der Waals surface area contributed by atoms with E-state index >= 15 is 0 Å². The molecule has 0 atom stereocenters. The molecule has 5 aromatic heterocycles. The van der Waals surface area contributed by atoms with E-state index < -0.39 is 0 Å². The third kappa shape index (κ3) is 13.5. The third-order valence-electron chi connectivity index (χ3n) is 35.9. The van der Waals surface area contributed by atoms with Gasteiger partial charge in [0.05, 0.1) is 0 Å². The van der Waals surface area contributed by atoms with E-state index in [4.69, 9.17) is 43.2 Å². The molecule has 29 rings (SSSR count). The van der Waals surface area contributed by atoms with Crippen LogP contribution in [-0.2, 0) is 43.3 Å². The van der Waals surface area contributed by atoms with Crippen molar-refractivity contribution in [3.8, 4) is 124 Å². The molecule has 0 saturated heterocycles. The van der Waals surface area contributed by atoms with Gasteiger partial charge in [0.1, 0.15) is 33.5 Å². The molecule has 0 saturated carbocycles. The zero-order valence-electron chi connectivity index (χ0n) is 87.4. The first-order chi connectivity index (χ1) is 72.4. The van der Waals surface area contributed by atoms with E-state index in [0.29, 0.717) is 34.9 Å². The molecule has 0 amide bonds. The molecule has 0 N–H and O–H groups in total. The fourth-order valence-electron chi connectivity index (χ4n) is 25.9. The molecule has 0 radical (unpaired) electrons. The van der Waals surface area contributed by atoms with Crippen molar-refractivity contribution in [2.75, 3.05) is 4.90 Å². The van der Waals surface area contributed by atoms with Crippen molar-refractivity contribution >= 4 is 104 Å². The lowest BCUT2D eigenvalue weighted by Gasteiger charge is -2.49. The van der Waals surface area contributed by atoms with Crippen LogP contribution in [0.1, 0.15) is 166 Å². The molecule has 0 spiro atoms. The van der Waals surface area contributed by atoms with E-state index in [2.05, 4.69) is 419 Å². The molecule has 0 fully saturated rings. The average Bonchev–Trinajstić information content (AvgIpc) is 1.49. The van der Waals surface area contributed by atoms with E-state index in [1.54, 1.807) is 0 Å². The van der Waals surface area contributed by atoms with Crippen LogP contribution in [0.15, 0.2) is 408 Å². The zero-order chi connectivity index (χ0) is 102. The SMILES string of the molecule is CC1(C)c2cc(-c3nc(-c4ccccc4)nc(-c4cccc5oc6ccccc6c45)n3)c3ccccc3c2-c2ccc3c(c21)-c1ccccc1C(C)(C)C3(C)C.CC1(C)c2cc(-c3nc(-c4ccccc4)nc(-c4ccccc4)n3)ccc2-c2cc3c(cc21)-c1c(ccc2ccccc12)C(C)(C)C3(C)C.CC1(C)c2ccccc2-c2ccc3oc4ccc(N(c5ccccc5)c5ccc6c(c5)oc5ccccc56)cc4c3c2C1(C)C. The second-order valence-corrected chi connectivity index (χ2v) is 45.9. The smallest absolute Gasteiger partial charge is 0.164 e. The summed E-state index contributed by atoms with van der Waals surface area (Å²) < 4.78 is 19.2. The van der Waals surface area contributed by atoms with Gasteiger partial charge in [0.25, 0.3) is 0 Å². The second kappa shape index (κ2) is 33.2. The maximum Gasteiger partial charge on any atom is 0.164 e. The van der Waals surface area contributed by atoms with Gasteiger partial charge in [-0.1, -0.05) is 408 Å². The lowest BCUT2D eigenvalue weighted by Crippen LogP contribution is -2.44. The number of aromatic nitrogens is 6. The summed E-state index contributed by atoms with van der Waals surface area (Å²) in [5.41, 5.74) is 40.4. The standard InChI is InChI=1S/C52H41N3O.C46H39N3.C42H33NO2/c1-50(2)40-29-37(49-54-47(30-17-8-7-9-18-30)53-48(55-49)36-23-16-26-42-44(36)34-22-13-15-25-41(34)56-42)31-19-10-11-20-32(31)43(40)35-27-28-39-45(46(35)50)33-21-12-14-24-38(33)51(3,4)52(39,5)6;1-44(2)37-25-31(43-48-41(29-16-9-7-10-17-29)47-42(49-43)30-18-11-8-12-19-30)21-23-33(37)34-26-39-35(27-38(34)44)40-32-20-14-13-15-28(32)22-24-36(40)45(3,4)46(39,5)6;1-41(2)34-16-10-8-14-29(34)32-21-23-37-39(40(32)42(41,3)4)33-24-27(19-22-36(33)44-37)43(26-12-6-5-7-13-26)28-18-20-31-30-15-9-11-17-35(30)45-38(31)25-28/h7-29H,1-6H3;7-27H,1-6H3;5-25H,1-4H3. The number of rotatable bonds is 9. The predicted octanol–water partition coefficient (Wildman–Crippen LogP) is 37.2. The number of para-hydroxylation sites is 3. The molecule has 10 heteroatoms. The van der Waals surface area contributed by atoms with Crippen LogP contribution >= 0.6 is 0 Å². The average molecular weight is 1940 g/mol. The Hall–Kier alpha value is -17.1. The molecule has 24 aromatic rings. The Kier molecular flexibility index (Phi) is 20.3. The van der Waals surface area contributed by atoms with Crippen molar-refractivity contribution < 1.29 is 13.3 Å². The van der Waals surface area contributed by atoms with Crippen molar-refractivity contribution in [3.63, 3.8) is 0 Å². The molecular weight excluding hydrogens is 1830 g/mol. The van der Waals surface area contributed by atoms with Crippen molar-refractivity contribution in [3.05, 3.63) is 450 Å². The van der Waals surface area contributed by atoms with Gasteiger partial charge in [0.2, 0.25) is 0 Å². The topological polar surface area (TPSA) is 120 Å². The summed E-state index contributed by atoms with van der Waals surface area (Å²) in [5.74, 6) is 3.95. The number of fused-ring (bicyclic) bond motifs is 30. The zero-order valence-corrected chi connectivity index (χ0v) is 87.4. The first-order valence-electron chi connectivity index (χ1n) is 52.6. The molecule has 726 valence electrons. The molecule has 5 aliphatic carbocycles. The van der Waals surface area contributed by atoms with Crippen LogP contribution < -0.4 is 4.90 Å². The largest absolute Gasteiger partial charge is 0.456 e. The summed E-state index contributed by atoms with van der Waals surface area (Å²) in [5, 5.41) is 11.6. The number of hydrogen-bond acceptors (Lipinski definition) is 10. The lowest BCUT2D eigenvalue weighted by atomic mass is 9.54. The Labute approximate surface area is 874 Å². The summed E-state index contributed by atoms with van der Waals surface area (Å²) in [7, 11) is 0. The van der Waals surface area contributed by atoms with Crippen LogP contribution in [0.4, 0.5) is 17.1 Å². The van der Waals surface area contributed by atoms with Crippen LogP contribution in [0.5, 0.6) is 0 Å². The van der Waals surface area contributed by atoms with Crippen LogP contribution in [0.3, 0.4) is 0 Å². The normalized spacial score (nSPS) is 15.6. The van der Waals surface area contributed by atoms with Gasteiger partial charge < -0.3 is 18.2 Å². The Morgan fingerprint density at radius 2 is 0.600 bits per heavy atom. The van der Waals surface area contributed by atoms with E-state index in [9.17, 15) is 0 Å². The number of anilines is 3. The molecule has 19 aromatic carbocycles. The van der Waals surface area contributed by atoms with Crippen molar-refractivity contribution in [1.29, 1.82) is 0 Å². The van der Waals surface area contributed by atoms with Gasteiger partial charge in [-0.25, -0.2) is 29.9 Å². The summed E-state index contributed by atoms with van der Waals surface area (Å²) in [4.78, 5) is 33.2. The Morgan fingerprint density at radius 1 is 0.180 bits per heavy atom. The molecule has 0 unspecified atom stereocenters. The highest BCUT2D eigenvalue weighted by Crippen LogP contribution is 2.65. The summed E-state index contributed by atoms with van der Waals surface area (Å²) in [6.45, 7) is 38.5. The molecule has 0 aliphatic heterocycles. The number of hydrogen-bond donors (Lipinski definition) is 0. The van der Waals surface area contributed by atoms with Gasteiger partial charge in [0.15, 0.2) is 34.9 Å². The summed E-state index contributed by atoms with van der Waals surface area (Å²) in [6.07, 6.45) is 0. The fraction of sp³-hybridized carbons (Fsp3) is 0.171. The maximum absolute atomic E-state index is 6.57. The minimum atomic E-state index is -0.307. The quantitative estimate of drug-likeness (QED) is 0.138. The van der Waals surface area contributed by atoms with Gasteiger partial charge in [0, 0.05) is 105 Å². The minimum Gasteiger partial charge on any atom is -0.456 e. The maximum atomic E-state index is 6.57. The Morgan fingerprint density at radius 3 is 1.27 bits per heavy atom. The fourth-order valence-corrected chi connectivity index (χ4v) is 25.9. The van der Waals surface area contributed by atoms with Crippen LogP contribution in [0.2, 0.25) is 0 Å². The molecule has 150 heavy (non-hydrogen) atoms. The second-order valence-electron chi connectivity index (χ2n) is 45.9. The molecule has 5 aliphatic rings. The Bertz CT molecular complexity index is 9720. The van der Waals surface area contributed by atoms with Crippen molar-refractivity contribution in [1.82, 2.24) is 29.9 Å². The summed E-state index contributed by atoms with van der Waals surface area (Å²) >= 11 is 0. The van der Waals surface area contributed by atoms with Crippen LogP contribution in [0, 0.1) is 0 Å². The molecule has 0 bridgehead atoms. The van der Waals surface area contributed by atoms with E-state index in [1.165, 1.54) is 133 Å². The first kappa shape index (κ1) is 91.6. The first-order valence-corrected chi connectivity index (χ1v) is 52.6. The minimum absolute atomic E-state index is 0.0414. The highest BCUT2D eigenvalue weighted by Gasteiger charge is 2.53. The highest BCUT2D eigenvalue weighted by atomic mass is 16.3. The molecular formula is C140H113N7O3. The van der Waals surface area contributed by atoms with Gasteiger partial charge in [-0.15, -0.1) is 0 Å². The van der Waals surface area contributed by atoms with Crippen LogP contribution in [-0.4, -0.2) is 29.9 Å². The monoisotopic (exact) mass is 1940 g/mol. The number of furan rings is 3. The van der Waals surface area contributed by atoms with E-state index in [-0.39, 0.29) is 43.3 Å². The number of nitrogens with zero attached hydrogens (tertiary/aromatic N) is 7. The van der Waals surface area contributed by atoms with Crippen molar-refractivity contribution in [2.45, 2.75) is 154 Å². The molecule has 10 nitrogen and oxygen atoms in total. The molecule has 5 heterocycles. The highest BCUT2D eigenvalue weighted by molar-refractivity contribution is 6.16. The van der Waals surface area contributed by atoms with E-state index in [1.807, 2.05) is 91.0 Å². The van der Waals surface area contributed by atoms with Crippen LogP contribution in [0.25, 0.3) is 211 Å². The van der Waals surface area contributed by atoms with Gasteiger partial charge in [-0.05, 0) is 251 Å². The Balaban J connectivity index is 0.000000111. The number of benzene rings is 19. The lowest BCUT2D eigenvalue weighted by molar-refractivity contribution is 0.298. The predicted molar refractivity (Wildman–Crippen MR) is 620 cm³/mol. The van der Waals surface area contributed by atoms with E-state index in [0.717, 1.165) is 116 Å². The summed E-state index contributed by atoms with van der Waals surface area (Å²) in [6, 6.07) is 141. The van der Waals surface area contributed by atoms with Gasteiger partial charge in [-0.2, -0.15) is 0 Å². The third-order valence-corrected chi connectivity index (χ3v) is 35.9. The van der Waals surface area contributed by atoms with Gasteiger partial charge in [-0.3, -0.25) is 0 Å². The van der Waals surface area contributed by atoms with Gasteiger partial charge >= 0.3 is 0 Å².